The molecule has 0 unspecified atom stereocenters. The largest absolute Gasteiger partial charge is 0.432 e. The molecule has 0 aromatic heterocycles. The van der Waals surface area contributed by atoms with Gasteiger partial charge in [-0.25, -0.2) is 0 Å². The van der Waals surface area contributed by atoms with E-state index in [0.29, 0.717) is 38.5 Å². The Morgan fingerprint density at radius 3 is 2.00 bits per heavy atom. The van der Waals surface area contributed by atoms with E-state index in [-0.39, 0.29) is 35.0 Å². The maximum atomic E-state index is 14.7. The Balaban J connectivity index is 1.04. The standard InChI is InChI=1S/C47H76O19/c1-41(2)11-13-46(40(59)66-38-32(56)30(54)29(53)25(17-48)62-38)14-12-44(5)22(23(46)15-41)7-8-28-42(3)16-24(52)36(43(4,19-50)27(42)9-10-45(28,44)6)65-37-33(57)31(55)34(26(18-49)63-37)64-39-35(58)47(60,20-51)21-61-39/h7,23-39,48-58,60H,8-21H2,1-6H3/t23-,24-,25+,26+,27+,28+,29+,30-,31+,32+,33+,34+,35-,36-,37-,38-,39-,42-,43-,44+,45+,46-,47+/m0/s1. The van der Waals surface area contributed by atoms with Crippen molar-refractivity contribution < 1.29 is 94.5 Å². The number of aliphatic hydroxyl groups is 12. The summed E-state index contributed by atoms with van der Waals surface area (Å²) in [5.41, 5.74) is -4.27. The smallest absolute Gasteiger partial charge is 0.315 e. The number of carbonyl (C=O) groups excluding carboxylic acids is 1. The molecule has 3 aliphatic heterocycles. The van der Waals surface area contributed by atoms with E-state index in [1.165, 1.54) is 5.57 Å². The molecule has 8 aliphatic rings. The van der Waals surface area contributed by atoms with Gasteiger partial charge < -0.3 is 89.7 Å². The molecule has 0 aromatic carbocycles. The summed E-state index contributed by atoms with van der Waals surface area (Å²) in [7, 11) is 0. The molecule has 0 amide bonds. The fourth-order valence-electron chi connectivity index (χ4n) is 14.9. The number of ether oxygens (including phenoxy) is 6. The van der Waals surface area contributed by atoms with Crippen LogP contribution >= 0.6 is 0 Å². The molecule has 3 saturated heterocycles. The van der Waals surface area contributed by atoms with E-state index in [0.717, 1.165) is 12.8 Å². The summed E-state index contributed by atoms with van der Waals surface area (Å²) >= 11 is 0. The van der Waals surface area contributed by atoms with Crippen molar-refractivity contribution in [2.45, 2.75) is 191 Å². The Bertz CT molecular complexity index is 1810. The minimum Gasteiger partial charge on any atom is -0.432 e. The molecule has 0 spiro atoms. The number of hydrogen-bond acceptors (Lipinski definition) is 19. The third-order valence-corrected chi connectivity index (χ3v) is 19.1. The van der Waals surface area contributed by atoms with Crippen molar-refractivity contribution in [3.05, 3.63) is 11.6 Å². The molecular weight excluding hydrogens is 868 g/mol. The molecule has 8 rings (SSSR count). The average molecular weight is 945 g/mol. The zero-order valence-corrected chi connectivity index (χ0v) is 39.0. The van der Waals surface area contributed by atoms with Crippen molar-refractivity contribution in [3.63, 3.8) is 0 Å². The van der Waals surface area contributed by atoms with Crippen molar-refractivity contribution in [1.29, 1.82) is 0 Å². The van der Waals surface area contributed by atoms with Crippen molar-refractivity contribution in [1.82, 2.24) is 0 Å². The van der Waals surface area contributed by atoms with Gasteiger partial charge in [-0.3, -0.25) is 4.79 Å². The molecule has 0 aromatic rings. The van der Waals surface area contributed by atoms with Crippen molar-refractivity contribution >= 4 is 5.97 Å². The topological polar surface area (TPSA) is 315 Å². The van der Waals surface area contributed by atoms with Crippen LogP contribution in [0.25, 0.3) is 0 Å². The molecule has 0 bridgehead atoms. The first kappa shape index (κ1) is 50.9. The first-order chi connectivity index (χ1) is 30.8. The third-order valence-electron chi connectivity index (χ3n) is 19.1. The highest BCUT2D eigenvalue weighted by Gasteiger charge is 2.71. The number of aliphatic hydroxyl groups excluding tert-OH is 11. The zero-order valence-electron chi connectivity index (χ0n) is 39.0. The second-order valence-corrected chi connectivity index (χ2v) is 23.2. The van der Waals surface area contributed by atoms with E-state index in [2.05, 4.69) is 40.7 Å². The highest BCUT2D eigenvalue weighted by Crippen LogP contribution is 2.76. The summed E-state index contributed by atoms with van der Waals surface area (Å²) in [6.45, 7) is 10.0. The first-order valence-corrected chi connectivity index (χ1v) is 23.9. The van der Waals surface area contributed by atoms with Crippen LogP contribution in [-0.2, 0) is 33.2 Å². The van der Waals surface area contributed by atoms with Gasteiger partial charge in [0.2, 0.25) is 6.29 Å². The molecule has 12 N–H and O–H groups in total. The number of allylic oxidation sites excluding steroid dienone is 2. The van der Waals surface area contributed by atoms with Crippen LogP contribution in [0.15, 0.2) is 11.6 Å². The molecule has 3 heterocycles. The summed E-state index contributed by atoms with van der Waals surface area (Å²) in [5, 5.41) is 129. The normalized spacial score (nSPS) is 54.6. The lowest BCUT2D eigenvalue weighted by molar-refractivity contribution is -0.358. The molecule has 19 heteroatoms. The van der Waals surface area contributed by atoms with Gasteiger partial charge in [0.05, 0.1) is 50.7 Å². The lowest BCUT2D eigenvalue weighted by Crippen LogP contribution is -2.69. The summed E-state index contributed by atoms with van der Waals surface area (Å²) in [6.07, 6.45) is -13.5. The minimum absolute atomic E-state index is 0.0100. The van der Waals surface area contributed by atoms with Crippen LogP contribution in [0.4, 0.5) is 0 Å². The van der Waals surface area contributed by atoms with Gasteiger partial charge in [-0.1, -0.05) is 53.2 Å². The Morgan fingerprint density at radius 2 is 1.36 bits per heavy atom. The maximum absolute atomic E-state index is 14.7. The molecule has 19 nitrogen and oxygen atoms in total. The molecule has 0 radical (unpaired) electrons. The molecule has 7 fully saturated rings. The van der Waals surface area contributed by atoms with Crippen molar-refractivity contribution in [3.8, 4) is 0 Å². The third kappa shape index (κ3) is 7.60. The SMILES string of the molecule is CC1(C)CC[C@]2(C(=O)O[C@@H]3O[C@H](CO)[C@@H](O)[C@H](O)[C@H]3O)CC[C@]3(C)C(=CC[C@@H]4[C@@]5(C)C[C@H](O)[C@H](O[C@@H]6O[C@H](CO)[C@@H](O[C@@H]7OC[C@](O)(CO)[C@H]7O)[C@H](O)[C@H]6O)[C@@](C)(CO)[C@@H]5CC[C@]43C)[C@@H]2C1. The van der Waals surface area contributed by atoms with Crippen molar-refractivity contribution in [2.24, 2.45) is 50.2 Å². The van der Waals surface area contributed by atoms with Gasteiger partial charge in [0.1, 0.15) is 60.5 Å². The van der Waals surface area contributed by atoms with Crippen LogP contribution in [0.2, 0.25) is 0 Å². The van der Waals surface area contributed by atoms with E-state index in [1.54, 1.807) is 0 Å². The summed E-state index contributed by atoms with van der Waals surface area (Å²) in [4.78, 5) is 14.7. The fourth-order valence-corrected chi connectivity index (χ4v) is 14.9. The maximum Gasteiger partial charge on any atom is 0.315 e. The van der Waals surface area contributed by atoms with Crippen molar-refractivity contribution in [2.75, 3.05) is 33.0 Å². The Morgan fingerprint density at radius 1 is 0.712 bits per heavy atom. The second kappa shape index (κ2) is 17.7. The lowest BCUT2D eigenvalue weighted by atomic mass is 9.33. The van der Waals surface area contributed by atoms with E-state index < -0.39 is 152 Å². The van der Waals surface area contributed by atoms with Gasteiger partial charge in [0, 0.05) is 5.41 Å². The Labute approximate surface area is 385 Å². The molecule has 378 valence electrons. The van der Waals surface area contributed by atoms with Gasteiger partial charge in [-0.2, -0.15) is 0 Å². The van der Waals surface area contributed by atoms with Crippen LogP contribution in [-0.4, -0.2) is 192 Å². The number of esters is 1. The Kier molecular flexibility index (Phi) is 13.6. The molecule has 66 heavy (non-hydrogen) atoms. The average Bonchev–Trinajstić information content (AvgIpc) is 3.56. The van der Waals surface area contributed by atoms with E-state index in [9.17, 15) is 66.1 Å². The number of hydrogen-bond donors (Lipinski definition) is 12. The Hall–Kier alpha value is -1.47. The molecule has 23 atom stereocenters. The monoisotopic (exact) mass is 944 g/mol. The molecular formula is C47H76O19. The van der Waals surface area contributed by atoms with Gasteiger partial charge in [0.15, 0.2) is 12.6 Å². The van der Waals surface area contributed by atoms with Gasteiger partial charge in [0.25, 0.3) is 0 Å². The van der Waals surface area contributed by atoms with Gasteiger partial charge >= 0.3 is 5.97 Å². The summed E-state index contributed by atoms with van der Waals surface area (Å²) < 4.78 is 35.1. The number of fused-ring (bicyclic) bond motifs is 7. The fraction of sp³-hybridized carbons (Fsp3) is 0.936. The zero-order chi connectivity index (χ0) is 48.3. The highest BCUT2D eigenvalue weighted by molar-refractivity contribution is 5.79. The van der Waals surface area contributed by atoms with Crippen LogP contribution in [0.1, 0.15) is 99.3 Å². The predicted molar refractivity (Wildman–Crippen MR) is 227 cm³/mol. The highest BCUT2D eigenvalue weighted by atomic mass is 16.7. The summed E-state index contributed by atoms with van der Waals surface area (Å²) in [5.74, 6) is -0.950. The summed E-state index contributed by atoms with van der Waals surface area (Å²) in [6, 6.07) is 0. The predicted octanol–water partition coefficient (Wildman–Crippen LogP) is -1.28. The van der Waals surface area contributed by atoms with Crippen LogP contribution in [0.5, 0.6) is 0 Å². The number of carbonyl (C=O) groups is 1. The lowest BCUT2D eigenvalue weighted by Gasteiger charge is -2.72. The minimum atomic E-state index is -2.03. The van der Waals surface area contributed by atoms with E-state index in [4.69, 9.17) is 28.4 Å². The molecule has 4 saturated carbocycles. The second-order valence-electron chi connectivity index (χ2n) is 23.2. The van der Waals surface area contributed by atoms with Crippen LogP contribution in [0, 0.1) is 50.2 Å². The quantitative estimate of drug-likeness (QED) is 0.0690. The van der Waals surface area contributed by atoms with Crippen LogP contribution < -0.4 is 0 Å². The van der Waals surface area contributed by atoms with E-state index >= 15 is 0 Å². The van der Waals surface area contributed by atoms with Gasteiger partial charge in [-0.15, -0.1) is 0 Å². The molecule has 5 aliphatic carbocycles. The van der Waals surface area contributed by atoms with Gasteiger partial charge in [-0.05, 0) is 97.2 Å². The first-order valence-electron chi connectivity index (χ1n) is 23.9. The van der Waals surface area contributed by atoms with E-state index in [1.807, 2.05) is 6.92 Å². The van der Waals surface area contributed by atoms with Crippen LogP contribution in [0.3, 0.4) is 0 Å². The number of rotatable bonds is 10.